The zero-order chi connectivity index (χ0) is 47.8. The van der Waals surface area contributed by atoms with Gasteiger partial charge >= 0.3 is 19.8 Å². The minimum absolute atomic E-state index is 0.0695. The second kappa shape index (κ2) is 40.8. The highest BCUT2D eigenvalue weighted by Gasteiger charge is 2.51. The van der Waals surface area contributed by atoms with E-state index in [4.69, 9.17) is 18.5 Å². The maximum Gasteiger partial charge on any atom is 0.472 e. The first kappa shape index (κ1) is 60.8. The van der Waals surface area contributed by atoms with E-state index in [1.54, 1.807) is 0 Å². The lowest BCUT2D eigenvalue weighted by atomic mass is 9.85. The van der Waals surface area contributed by atoms with Gasteiger partial charge in [0.2, 0.25) is 0 Å². The van der Waals surface area contributed by atoms with Crippen LogP contribution in [-0.4, -0.2) is 98.3 Å². The summed E-state index contributed by atoms with van der Waals surface area (Å²) in [6.45, 7) is 3.27. The minimum atomic E-state index is -5.13. The summed E-state index contributed by atoms with van der Waals surface area (Å²) in [7, 11) is -5.13. The fourth-order valence-corrected chi connectivity index (χ4v) is 8.50. The summed E-state index contributed by atoms with van der Waals surface area (Å²) in [5, 5.41) is 50.2. The van der Waals surface area contributed by atoms with Gasteiger partial charge in [0.05, 0.1) is 6.61 Å². The third-order valence-electron chi connectivity index (χ3n) is 11.6. The molecule has 0 saturated heterocycles. The highest BCUT2D eigenvalue weighted by molar-refractivity contribution is 7.47. The number of unbranched alkanes of at least 4 members (excludes halogenated alkanes) is 22. The van der Waals surface area contributed by atoms with E-state index in [0.29, 0.717) is 12.8 Å². The second-order valence-electron chi connectivity index (χ2n) is 17.7. The van der Waals surface area contributed by atoms with Gasteiger partial charge in [0.1, 0.15) is 43.2 Å². The number of hydrogen-bond acceptors (Lipinski definition) is 12. The molecule has 0 bridgehead atoms. The van der Waals surface area contributed by atoms with E-state index >= 15 is 0 Å². The van der Waals surface area contributed by atoms with Gasteiger partial charge in [-0.3, -0.25) is 18.6 Å². The minimum Gasteiger partial charge on any atom is -0.462 e. The molecule has 1 saturated carbocycles. The summed E-state index contributed by atoms with van der Waals surface area (Å²) >= 11 is 0. The van der Waals surface area contributed by atoms with Crippen LogP contribution in [0.15, 0.2) is 48.6 Å². The maximum atomic E-state index is 12.8. The van der Waals surface area contributed by atoms with Crippen LogP contribution in [0.4, 0.5) is 0 Å². The molecular weight excluding hydrogens is 852 g/mol. The predicted molar refractivity (Wildman–Crippen MR) is 258 cm³/mol. The van der Waals surface area contributed by atoms with E-state index in [1.807, 2.05) is 0 Å². The van der Waals surface area contributed by atoms with Gasteiger partial charge in [-0.1, -0.05) is 165 Å². The zero-order valence-electron chi connectivity index (χ0n) is 40.3. The Balaban J connectivity index is 2.43. The van der Waals surface area contributed by atoms with Crippen molar-refractivity contribution in [3.8, 4) is 0 Å². The molecule has 0 aromatic carbocycles. The molecule has 1 aliphatic rings. The standard InChI is InChI=1S/C51H91O13P/c1-3-5-7-9-11-13-15-17-19-21-22-24-25-27-29-31-33-35-37-39-44(52)61-41-43(42-62-65(59,60)64-51-49(57)47(55)46(54)48(56)50(51)58)63-45(53)40-38-36-34-32-30-28-26-23-20-18-16-14-12-10-8-6-4-2/h12,14,18,20-22,26,28,43,46-51,54-58H,3-11,13,15-17,19,23-25,27,29-42H2,1-2H3,(H,59,60)/b14-12-,20-18-,22-21-,28-26-/t43-,46?,47-,48?,49?,50?,51?/m1/s1. The molecule has 0 spiro atoms. The van der Waals surface area contributed by atoms with Crippen molar-refractivity contribution in [1.29, 1.82) is 0 Å². The van der Waals surface area contributed by atoms with Crippen molar-refractivity contribution < 1.29 is 63.1 Å². The van der Waals surface area contributed by atoms with Crippen molar-refractivity contribution >= 4 is 19.8 Å². The Bertz CT molecular complexity index is 1320. The Morgan fingerprint density at radius 3 is 1.31 bits per heavy atom. The molecule has 378 valence electrons. The van der Waals surface area contributed by atoms with Crippen LogP contribution in [0.3, 0.4) is 0 Å². The number of allylic oxidation sites excluding steroid dienone is 8. The molecule has 1 fully saturated rings. The first-order chi connectivity index (χ1) is 31.4. The topological polar surface area (TPSA) is 210 Å². The summed E-state index contributed by atoms with van der Waals surface area (Å²) in [5.41, 5.74) is 0. The van der Waals surface area contributed by atoms with Crippen LogP contribution in [-0.2, 0) is 32.7 Å². The fourth-order valence-electron chi connectivity index (χ4n) is 7.52. The third kappa shape index (κ3) is 33.0. The largest absolute Gasteiger partial charge is 0.472 e. The Kier molecular flexibility index (Phi) is 38.2. The number of aliphatic hydroxyl groups excluding tert-OH is 5. The third-order valence-corrected chi connectivity index (χ3v) is 12.6. The van der Waals surface area contributed by atoms with Crippen LogP contribution in [0.5, 0.6) is 0 Å². The van der Waals surface area contributed by atoms with Crippen LogP contribution in [0.2, 0.25) is 0 Å². The molecule has 14 heteroatoms. The smallest absolute Gasteiger partial charge is 0.462 e. The van der Waals surface area contributed by atoms with Crippen LogP contribution >= 0.6 is 7.82 Å². The summed E-state index contributed by atoms with van der Waals surface area (Å²) in [6.07, 6.45) is 35.8. The van der Waals surface area contributed by atoms with Crippen LogP contribution in [0, 0.1) is 0 Å². The molecule has 6 unspecified atom stereocenters. The number of hydrogen-bond donors (Lipinski definition) is 6. The lowest BCUT2D eigenvalue weighted by Crippen LogP contribution is -2.64. The second-order valence-corrected chi connectivity index (χ2v) is 19.1. The SMILES string of the molecule is CCCCC/C=C\C/C=C\C/C=C\CCCCCCC(=O)O[C@H](COC(=O)CCCCCCCCC/C=C\CCCCCCCCCC)COP(=O)(O)OC1C(O)C(O)C(O)[C@@H](O)C1O. The molecular formula is C51H91O13P. The summed E-state index contributed by atoms with van der Waals surface area (Å²) in [4.78, 5) is 35.8. The average molecular weight is 943 g/mol. The lowest BCUT2D eigenvalue weighted by Gasteiger charge is -2.41. The Hall–Kier alpha value is -2.19. The molecule has 0 aromatic heterocycles. The van der Waals surface area contributed by atoms with Gasteiger partial charge in [-0.15, -0.1) is 0 Å². The van der Waals surface area contributed by atoms with Crippen LogP contribution in [0.1, 0.15) is 206 Å². The maximum absolute atomic E-state index is 12.8. The number of carbonyl (C=O) groups excluding carboxylic acids is 2. The van der Waals surface area contributed by atoms with Crippen molar-refractivity contribution in [3.05, 3.63) is 48.6 Å². The van der Waals surface area contributed by atoms with Crippen molar-refractivity contribution in [1.82, 2.24) is 0 Å². The number of phosphoric ester groups is 1. The monoisotopic (exact) mass is 943 g/mol. The van der Waals surface area contributed by atoms with Gasteiger partial charge in [-0.25, -0.2) is 4.57 Å². The number of aliphatic hydroxyl groups is 5. The number of phosphoric acid groups is 1. The molecule has 0 aromatic rings. The normalized spacial score (nSPS) is 21.8. The molecule has 13 nitrogen and oxygen atoms in total. The number of carbonyl (C=O) groups is 2. The van der Waals surface area contributed by atoms with E-state index in [1.165, 1.54) is 89.9 Å². The molecule has 0 amide bonds. The molecule has 1 rings (SSSR count). The first-order valence-corrected chi connectivity index (χ1v) is 26.9. The van der Waals surface area contributed by atoms with Crippen LogP contribution in [0.25, 0.3) is 0 Å². The van der Waals surface area contributed by atoms with E-state index in [9.17, 15) is 44.6 Å². The van der Waals surface area contributed by atoms with E-state index < -0.39 is 75.7 Å². The van der Waals surface area contributed by atoms with E-state index in [0.717, 1.165) is 77.0 Å². The van der Waals surface area contributed by atoms with E-state index in [2.05, 4.69) is 62.5 Å². The molecule has 0 heterocycles. The molecule has 0 radical (unpaired) electrons. The summed E-state index contributed by atoms with van der Waals surface area (Å²) in [5.74, 6) is -1.13. The molecule has 0 aliphatic heterocycles. The molecule has 65 heavy (non-hydrogen) atoms. The summed E-state index contributed by atoms with van der Waals surface area (Å²) < 4.78 is 33.6. The Morgan fingerprint density at radius 2 is 0.831 bits per heavy atom. The predicted octanol–water partition coefficient (Wildman–Crippen LogP) is 10.7. The Morgan fingerprint density at radius 1 is 0.477 bits per heavy atom. The van der Waals surface area contributed by atoms with E-state index in [-0.39, 0.29) is 12.8 Å². The number of esters is 2. The first-order valence-electron chi connectivity index (χ1n) is 25.4. The van der Waals surface area contributed by atoms with Crippen molar-refractivity contribution in [3.63, 3.8) is 0 Å². The number of ether oxygens (including phenoxy) is 2. The summed E-state index contributed by atoms with van der Waals surface area (Å²) in [6, 6.07) is 0. The lowest BCUT2D eigenvalue weighted by molar-refractivity contribution is -0.220. The molecule has 8 atom stereocenters. The molecule has 1 aliphatic carbocycles. The Labute approximate surface area is 392 Å². The van der Waals surface area contributed by atoms with Crippen molar-refractivity contribution in [2.75, 3.05) is 13.2 Å². The van der Waals surface area contributed by atoms with Gasteiger partial charge in [0.25, 0.3) is 0 Å². The van der Waals surface area contributed by atoms with Crippen molar-refractivity contribution in [2.45, 2.75) is 249 Å². The highest BCUT2D eigenvalue weighted by Crippen LogP contribution is 2.47. The fraction of sp³-hybridized carbons (Fsp3) is 0.804. The van der Waals surface area contributed by atoms with Gasteiger partial charge in [0, 0.05) is 12.8 Å². The highest BCUT2D eigenvalue weighted by atomic mass is 31.2. The van der Waals surface area contributed by atoms with Gasteiger partial charge in [-0.05, 0) is 77.0 Å². The van der Waals surface area contributed by atoms with Gasteiger partial charge in [-0.2, -0.15) is 0 Å². The quantitative estimate of drug-likeness (QED) is 0.0146. The number of rotatable bonds is 42. The van der Waals surface area contributed by atoms with Crippen LogP contribution < -0.4 is 0 Å². The molecule has 6 N–H and O–H groups in total. The zero-order valence-corrected chi connectivity index (χ0v) is 41.2. The average Bonchev–Trinajstić information content (AvgIpc) is 3.29. The van der Waals surface area contributed by atoms with Gasteiger partial charge < -0.3 is 39.9 Å². The van der Waals surface area contributed by atoms with Crippen molar-refractivity contribution in [2.24, 2.45) is 0 Å². The van der Waals surface area contributed by atoms with Gasteiger partial charge in [0.15, 0.2) is 6.10 Å².